The standard InChI is InChI=1S/C15H22N4OS/c1-4-18(3)13-10-15(20)19(17-11-13)8-7-16-12(2)14-6-5-9-21-14/h5-6,9-12,16H,4,7-8H2,1-3H3. The average molecular weight is 306 g/mol. The van der Waals surface area contributed by atoms with E-state index in [0.717, 1.165) is 18.8 Å². The molecule has 0 radical (unpaired) electrons. The van der Waals surface area contributed by atoms with Gasteiger partial charge in [-0.15, -0.1) is 11.3 Å². The van der Waals surface area contributed by atoms with Crippen molar-refractivity contribution in [1.29, 1.82) is 0 Å². The molecule has 0 spiro atoms. The summed E-state index contributed by atoms with van der Waals surface area (Å²) in [7, 11) is 1.95. The van der Waals surface area contributed by atoms with E-state index in [-0.39, 0.29) is 5.56 Å². The highest BCUT2D eigenvalue weighted by Gasteiger charge is 2.06. The van der Waals surface area contributed by atoms with Gasteiger partial charge in [-0.3, -0.25) is 4.79 Å². The molecule has 1 unspecified atom stereocenters. The molecule has 21 heavy (non-hydrogen) atoms. The Hall–Kier alpha value is -1.66. The van der Waals surface area contributed by atoms with Gasteiger partial charge in [0.15, 0.2) is 0 Å². The number of nitrogens with zero attached hydrogens (tertiary/aromatic N) is 3. The monoisotopic (exact) mass is 306 g/mol. The van der Waals surface area contributed by atoms with Gasteiger partial charge in [0, 0.05) is 37.1 Å². The first-order chi connectivity index (χ1) is 10.1. The van der Waals surface area contributed by atoms with Crippen LogP contribution in [0, 0.1) is 0 Å². The zero-order chi connectivity index (χ0) is 15.2. The van der Waals surface area contributed by atoms with Crippen molar-refractivity contribution in [3.05, 3.63) is 45.0 Å². The Labute approximate surface area is 129 Å². The summed E-state index contributed by atoms with van der Waals surface area (Å²) in [5, 5.41) is 9.71. The summed E-state index contributed by atoms with van der Waals surface area (Å²) in [5.74, 6) is 0. The van der Waals surface area contributed by atoms with Crippen molar-refractivity contribution >= 4 is 17.0 Å². The fourth-order valence-electron chi connectivity index (χ4n) is 2.01. The van der Waals surface area contributed by atoms with Crippen LogP contribution in [0.1, 0.15) is 24.8 Å². The van der Waals surface area contributed by atoms with Gasteiger partial charge >= 0.3 is 0 Å². The molecule has 0 saturated carbocycles. The molecule has 114 valence electrons. The number of hydrogen-bond donors (Lipinski definition) is 1. The second-order valence-electron chi connectivity index (χ2n) is 4.98. The molecule has 2 aromatic heterocycles. The SMILES string of the molecule is CCN(C)c1cnn(CCNC(C)c2cccs2)c(=O)c1. The van der Waals surface area contributed by atoms with E-state index in [1.54, 1.807) is 23.6 Å². The van der Waals surface area contributed by atoms with Crippen LogP contribution in [0.25, 0.3) is 0 Å². The third-order valence-electron chi connectivity index (χ3n) is 3.51. The van der Waals surface area contributed by atoms with Crippen molar-refractivity contribution in [2.75, 3.05) is 25.0 Å². The molecule has 2 rings (SSSR count). The molecule has 1 N–H and O–H groups in total. The van der Waals surface area contributed by atoms with Crippen LogP contribution in [0.3, 0.4) is 0 Å². The van der Waals surface area contributed by atoms with Gasteiger partial charge in [0.2, 0.25) is 0 Å². The van der Waals surface area contributed by atoms with Crippen LogP contribution in [0.15, 0.2) is 34.6 Å². The normalized spacial score (nSPS) is 12.3. The molecule has 5 nitrogen and oxygen atoms in total. The third kappa shape index (κ3) is 4.15. The number of aromatic nitrogens is 2. The zero-order valence-electron chi connectivity index (χ0n) is 12.7. The summed E-state index contributed by atoms with van der Waals surface area (Å²) in [5.41, 5.74) is 0.803. The molecule has 0 saturated heterocycles. The van der Waals surface area contributed by atoms with Crippen LogP contribution < -0.4 is 15.8 Å². The van der Waals surface area contributed by atoms with Crippen molar-refractivity contribution in [1.82, 2.24) is 15.1 Å². The highest BCUT2D eigenvalue weighted by molar-refractivity contribution is 7.10. The maximum Gasteiger partial charge on any atom is 0.268 e. The molecular weight excluding hydrogens is 284 g/mol. The van der Waals surface area contributed by atoms with Crippen molar-refractivity contribution < 1.29 is 0 Å². The Morgan fingerprint density at radius 2 is 2.33 bits per heavy atom. The molecule has 1 atom stereocenters. The number of hydrogen-bond acceptors (Lipinski definition) is 5. The Morgan fingerprint density at radius 3 is 2.95 bits per heavy atom. The van der Waals surface area contributed by atoms with Gasteiger partial charge in [-0.1, -0.05) is 6.07 Å². The van der Waals surface area contributed by atoms with E-state index in [4.69, 9.17) is 0 Å². The molecule has 6 heteroatoms. The van der Waals surface area contributed by atoms with Gasteiger partial charge in [-0.2, -0.15) is 5.10 Å². The smallest absolute Gasteiger partial charge is 0.268 e. The van der Waals surface area contributed by atoms with E-state index in [1.165, 1.54) is 9.56 Å². The maximum atomic E-state index is 12.0. The predicted octanol–water partition coefficient (Wildman–Crippen LogP) is 2.11. The molecule has 0 fully saturated rings. The van der Waals surface area contributed by atoms with Crippen LogP contribution in [0.5, 0.6) is 0 Å². The largest absolute Gasteiger partial charge is 0.373 e. The van der Waals surface area contributed by atoms with Crippen LogP contribution >= 0.6 is 11.3 Å². The van der Waals surface area contributed by atoms with Crippen LogP contribution in [-0.2, 0) is 6.54 Å². The first-order valence-electron chi connectivity index (χ1n) is 7.17. The second kappa shape index (κ2) is 7.38. The van der Waals surface area contributed by atoms with Gasteiger partial charge in [0.25, 0.3) is 5.56 Å². The summed E-state index contributed by atoms with van der Waals surface area (Å²) < 4.78 is 1.50. The lowest BCUT2D eigenvalue weighted by Gasteiger charge is -2.16. The predicted molar refractivity (Wildman–Crippen MR) is 88.2 cm³/mol. The summed E-state index contributed by atoms with van der Waals surface area (Å²) in [6, 6.07) is 6.10. The van der Waals surface area contributed by atoms with Crippen molar-refractivity contribution in [3.8, 4) is 0 Å². The molecule has 2 heterocycles. The lowest BCUT2D eigenvalue weighted by atomic mass is 10.3. The molecule has 0 amide bonds. The number of thiophene rings is 1. The van der Waals surface area contributed by atoms with Crippen LogP contribution in [0.2, 0.25) is 0 Å². The molecule has 0 aliphatic carbocycles. The van der Waals surface area contributed by atoms with Crippen molar-refractivity contribution in [2.45, 2.75) is 26.4 Å². The Balaban J connectivity index is 1.90. The van der Waals surface area contributed by atoms with E-state index in [2.05, 4.69) is 28.8 Å². The first-order valence-corrected chi connectivity index (χ1v) is 8.05. The van der Waals surface area contributed by atoms with Gasteiger partial charge in [-0.25, -0.2) is 4.68 Å². The lowest BCUT2D eigenvalue weighted by molar-refractivity contribution is 0.496. The minimum Gasteiger partial charge on any atom is -0.373 e. The van der Waals surface area contributed by atoms with E-state index < -0.39 is 0 Å². The molecular formula is C15H22N4OS. The minimum atomic E-state index is -0.0571. The fraction of sp³-hybridized carbons (Fsp3) is 0.467. The van der Waals surface area contributed by atoms with E-state index >= 15 is 0 Å². The summed E-state index contributed by atoms with van der Waals surface area (Å²) in [6.07, 6.45) is 1.74. The van der Waals surface area contributed by atoms with Crippen LogP contribution in [0.4, 0.5) is 5.69 Å². The highest BCUT2D eigenvalue weighted by Crippen LogP contribution is 2.17. The molecule has 0 bridgehead atoms. The fourth-order valence-corrected chi connectivity index (χ4v) is 2.77. The second-order valence-corrected chi connectivity index (χ2v) is 5.96. The number of nitrogens with one attached hydrogen (secondary N) is 1. The van der Waals surface area contributed by atoms with Gasteiger partial charge in [0.05, 0.1) is 18.4 Å². The summed E-state index contributed by atoms with van der Waals surface area (Å²) in [4.78, 5) is 15.3. The lowest BCUT2D eigenvalue weighted by Crippen LogP contribution is -2.30. The quantitative estimate of drug-likeness (QED) is 0.851. The minimum absolute atomic E-state index is 0.0571. The van der Waals surface area contributed by atoms with Crippen molar-refractivity contribution in [2.24, 2.45) is 0 Å². The van der Waals surface area contributed by atoms with Crippen LogP contribution in [-0.4, -0.2) is 29.9 Å². The topological polar surface area (TPSA) is 50.2 Å². The Morgan fingerprint density at radius 1 is 1.52 bits per heavy atom. The Bertz CT molecular complexity index is 608. The average Bonchev–Trinajstić information content (AvgIpc) is 3.02. The van der Waals surface area contributed by atoms with Crippen molar-refractivity contribution in [3.63, 3.8) is 0 Å². The molecule has 0 aliphatic heterocycles. The molecule has 0 aliphatic rings. The third-order valence-corrected chi connectivity index (χ3v) is 4.57. The van der Waals surface area contributed by atoms with Gasteiger partial charge in [-0.05, 0) is 25.3 Å². The Kier molecular flexibility index (Phi) is 5.52. The zero-order valence-corrected chi connectivity index (χ0v) is 13.6. The highest BCUT2D eigenvalue weighted by atomic mass is 32.1. The maximum absolute atomic E-state index is 12.0. The van der Waals surface area contributed by atoms with Gasteiger partial charge < -0.3 is 10.2 Å². The number of rotatable bonds is 7. The summed E-state index contributed by atoms with van der Waals surface area (Å²) in [6.45, 7) is 6.31. The van der Waals surface area contributed by atoms with E-state index in [9.17, 15) is 4.79 Å². The van der Waals surface area contributed by atoms with Gasteiger partial charge in [0.1, 0.15) is 0 Å². The molecule has 0 aromatic carbocycles. The first kappa shape index (κ1) is 15.7. The van der Waals surface area contributed by atoms with E-state index in [1.807, 2.05) is 24.9 Å². The summed E-state index contributed by atoms with van der Waals surface area (Å²) >= 11 is 1.74. The van der Waals surface area contributed by atoms with E-state index in [0.29, 0.717) is 12.6 Å². The molecule has 2 aromatic rings. The number of anilines is 1.